The Morgan fingerprint density at radius 3 is 1.48 bits per heavy atom. The lowest BCUT2D eigenvalue weighted by molar-refractivity contribution is -0.143. The van der Waals surface area contributed by atoms with Gasteiger partial charge in [0.25, 0.3) is 0 Å². The number of aryl methyl sites for hydroxylation is 2. The number of rotatable bonds is 2. The Kier molecular flexibility index (Phi) is 6.88. The van der Waals surface area contributed by atoms with Crippen LogP contribution in [0, 0.1) is 31.9 Å². The third kappa shape index (κ3) is 5.03. The highest BCUT2D eigenvalue weighted by Crippen LogP contribution is 2.40. The van der Waals surface area contributed by atoms with E-state index in [9.17, 15) is 31.6 Å². The molecule has 0 N–H and O–H groups in total. The highest BCUT2D eigenvalue weighted by molar-refractivity contribution is 6.21. The van der Waals surface area contributed by atoms with Crippen LogP contribution in [0.2, 0.25) is 0 Å². The van der Waals surface area contributed by atoms with Gasteiger partial charge in [0.2, 0.25) is 6.19 Å². The lowest BCUT2D eigenvalue weighted by Crippen LogP contribution is -2.11. The van der Waals surface area contributed by atoms with Gasteiger partial charge in [-0.15, -0.1) is 4.95 Å². The average Bonchev–Trinajstić information content (AvgIpc) is 3.49. The van der Waals surface area contributed by atoms with Gasteiger partial charge in [-0.3, -0.25) is 0 Å². The first-order valence-corrected chi connectivity index (χ1v) is 14.5. The molecule has 0 spiro atoms. The zero-order valence-electron chi connectivity index (χ0n) is 25.1. The SMILES string of the molecule is [C-]#[N+]/N=c1\c2cc(-c3cc(C)cc(C)c3)ccc2c2cc3c(=NC#N)c4cc(-c5cc(C(F)(F)F)cc(C(F)(F)F)c5)ccc4c3cc12. The second-order valence-electron chi connectivity index (χ2n) is 11.7. The molecule has 0 saturated heterocycles. The highest BCUT2D eigenvalue weighted by atomic mass is 19.4. The maximum atomic E-state index is 13.6. The van der Waals surface area contributed by atoms with Crippen molar-refractivity contribution in [1.29, 1.82) is 5.26 Å². The molecule has 0 aliphatic carbocycles. The molecule has 234 valence electrons. The zero-order valence-corrected chi connectivity index (χ0v) is 25.1. The molecule has 10 heteroatoms. The molecule has 0 fully saturated rings. The molecule has 0 bridgehead atoms. The molecule has 0 amide bonds. The molecule has 4 nitrogen and oxygen atoms in total. The molecule has 0 aromatic heterocycles. The van der Waals surface area contributed by atoms with E-state index < -0.39 is 23.5 Å². The van der Waals surface area contributed by atoms with Crippen LogP contribution < -0.4 is 10.7 Å². The van der Waals surface area contributed by atoms with E-state index in [1.165, 1.54) is 12.1 Å². The van der Waals surface area contributed by atoms with E-state index >= 15 is 0 Å². The number of halogens is 6. The molecule has 0 saturated carbocycles. The van der Waals surface area contributed by atoms with Gasteiger partial charge in [-0.05, 0) is 100 Å². The number of benzene rings is 5. The summed E-state index contributed by atoms with van der Waals surface area (Å²) in [6, 6.07) is 21.8. The van der Waals surface area contributed by atoms with Crippen LogP contribution in [0.5, 0.6) is 0 Å². The van der Waals surface area contributed by atoms with Gasteiger partial charge in [0.05, 0.1) is 21.6 Å². The number of hydrogen-bond donors (Lipinski definition) is 0. The van der Waals surface area contributed by atoms with Crippen molar-refractivity contribution in [2.75, 3.05) is 0 Å². The maximum absolute atomic E-state index is 13.6. The molecule has 0 heterocycles. The first-order valence-electron chi connectivity index (χ1n) is 14.5. The van der Waals surface area contributed by atoms with Crippen molar-refractivity contribution in [3.05, 3.63) is 129 Å². The Balaban J connectivity index is 1.50. The first kappa shape index (κ1) is 30.6. The monoisotopic (exact) mass is 646 g/mol. The normalized spacial score (nSPS) is 13.2. The van der Waals surface area contributed by atoms with Crippen LogP contribution in [0.15, 0.2) is 95.0 Å². The summed E-state index contributed by atoms with van der Waals surface area (Å²) in [4.78, 5) is 7.38. The molecule has 0 aliphatic rings. The molecule has 7 aromatic carbocycles. The minimum absolute atomic E-state index is 0.0851. The van der Waals surface area contributed by atoms with Gasteiger partial charge in [-0.2, -0.15) is 43.2 Å². The summed E-state index contributed by atoms with van der Waals surface area (Å²) in [5.74, 6) is 0. The molecule has 0 aliphatic heterocycles. The summed E-state index contributed by atoms with van der Waals surface area (Å²) in [5, 5.41) is 19.7. The molecular weight excluding hydrogens is 626 g/mol. The molecule has 7 rings (SSSR count). The van der Waals surface area contributed by atoms with E-state index in [0.717, 1.165) is 38.4 Å². The summed E-state index contributed by atoms with van der Waals surface area (Å²) in [7, 11) is 0. The minimum atomic E-state index is -5.00. The molecule has 7 aromatic rings. The van der Waals surface area contributed by atoms with E-state index in [1.807, 2.05) is 44.2 Å². The molecular formula is C38H20F6N4. The van der Waals surface area contributed by atoms with Gasteiger partial charge in [0, 0.05) is 21.5 Å². The fraction of sp³-hybridized carbons (Fsp3) is 0.105. The van der Waals surface area contributed by atoms with Crippen LogP contribution in [-0.2, 0) is 12.4 Å². The maximum Gasteiger partial charge on any atom is 0.416 e. The standard InChI is InChI=1S/C38H20F6N4/c1-19-8-20(2)10-23(9-19)21-4-7-28-30-16-33-29(17-34(30)36(48-46-3)32(28)14-21)27-6-5-22(13-31(27)35(33)47-18-45)24-11-25(37(39,40)41)15-26(12-24)38(42,43)44/h4-17H,1-2H3/b47-35?,48-36+. The molecule has 0 unspecified atom stereocenters. The van der Waals surface area contributed by atoms with Crippen molar-refractivity contribution >= 4 is 43.1 Å². The largest absolute Gasteiger partial charge is 0.416 e. The predicted octanol–water partition coefficient (Wildman–Crippen LogP) is 10.3. The van der Waals surface area contributed by atoms with Gasteiger partial charge in [-0.25, -0.2) is 0 Å². The molecule has 0 radical (unpaired) electrons. The van der Waals surface area contributed by atoms with E-state index in [2.05, 4.69) is 33.2 Å². The summed E-state index contributed by atoms with van der Waals surface area (Å²) >= 11 is 0. The first-order chi connectivity index (χ1) is 22.8. The van der Waals surface area contributed by atoms with E-state index in [-0.39, 0.29) is 22.6 Å². The topological polar surface area (TPSA) is 52.9 Å². The Bertz CT molecular complexity index is 2640. The zero-order chi connectivity index (χ0) is 34.1. The van der Waals surface area contributed by atoms with Crippen LogP contribution in [0.4, 0.5) is 26.3 Å². The quantitative estimate of drug-likeness (QED) is 0.0798. The van der Waals surface area contributed by atoms with Crippen LogP contribution in [0.3, 0.4) is 0 Å². The summed E-state index contributed by atoms with van der Waals surface area (Å²) in [5.41, 5.74) is 1.15. The fourth-order valence-electron chi connectivity index (χ4n) is 6.63. The van der Waals surface area contributed by atoms with Crippen LogP contribution in [0.1, 0.15) is 22.3 Å². The summed E-state index contributed by atoms with van der Waals surface area (Å²) in [6.07, 6.45) is -8.22. The lowest BCUT2D eigenvalue weighted by Gasteiger charge is -2.14. The Hall–Kier alpha value is -6.00. The minimum Gasteiger partial charge on any atom is -0.181 e. The number of nitriles is 1. The fourth-order valence-corrected chi connectivity index (χ4v) is 6.63. The number of hydrogen-bond acceptors (Lipinski definition) is 3. The number of nitrogens with zero attached hydrogens (tertiary/aromatic N) is 4. The van der Waals surface area contributed by atoms with Crippen molar-refractivity contribution in [3.8, 4) is 28.4 Å². The highest BCUT2D eigenvalue weighted by Gasteiger charge is 2.37. The van der Waals surface area contributed by atoms with Crippen LogP contribution in [-0.4, -0.2) is 0 Å². The van der Waals surface area contributed by atoms with Crippen LogP contribution in [0.25, 0.3) is 70.3 Å². The number of fused-ring (bicyclic) bond motifs is 6. The third-order valence-electron chi connectivity index (χ3n) is 8.59. The van der Waals surface area contributed by atoms with Crippen molar-refractivity contribution in [1.82, 2.24) is 0 Å². The van der Waals surface area contributed by atoms with Crippen molar-refractivity contribution < 1.29 is 26.3 Å². The van der Waals surface area contributed by atoms with Gasteiger partial charge < -0.3 is 0 Å². The smallest absolute Gasteiger partial charge is 0.181 e. The van der Waals surface area contributed by atoms with Gasteiger partial charge in [-0.1, -0.05) is 53.6 Å². The average molecular weight is 647 g/mol. The summed E-state index contributed by atoms with van der Waals surface area (Å²) < 4.78 is 81.7. The second-order valence-corrected chi connectivity index (χ2v) is 11.7. The van der Waals surface area contributed by atoms with E-state index in [1.54, 1.807) is 12.3 Å². The predicted molar refractivity (Wildman–Crippen MR) is 173 cm³/mol. The molecule has 48 heavy (non-hydrogen) atoms. The van der Waals surface area contributed by atoms with Gasteiger partial charge in [0.15, 0.2) is 5.36 Å². The Morgan fingerprint density at radius 2 is 1.00 bits per heavy atom. The van der Waals surface area contributed by atoms with Gasteiger partial charge >= 0.3 is 12.4 Å². The third-order valence-corrected chi connectivity index (χ3v) is 8.59. The van der Waals surface area contributed by atoms with Gasteiger partial charge in [0.1, 0.15) is 0 Å². The van der Waals surface area contributed by atoms with Crippen LogP contribution >= 0.6 is 0 Å². The lowest BCUT2D eigenvalue weighted by atomic mass is 9.97. The van der Waals surface area contributed by atoms with E-state index in [4.69, 9.17) is 6.57 Å². The van der Waals surface area contributed by atoms with Crippen molar-refractivity contribution in [2.45, 2.75) is 26.2 Å². The Morgan fingerprint density at radius 1 is 0.542 bits per heavy atom. The second kappa shape index (κ2) is 10.8. The molecule has 0 atom stereocenters. The Labute approximate surface area is 268 Å². The van der Waals surface area contributed by atoms with E-state index in [0.29, 0.717) is 44.4 Å². The summed E-state index contributed by atoms with van der Waals surface area (Å²) in [6.45, 7) is 11.6. The van der Waals surface area contributed by atoms with Crippen molar-refractivity contribution in [3.63, 3.8) is 0 Å². The number of alkyl halides is 6. The van der Waals surface area contributed by atoms with Crippen molar-refractivity contribution in [2.24, 2.45) is 10.1 Å².